The van der Waals surface area contributed by atoms with Crippen LogP contribution >= 0.6 is 0 Å². The predicted octanol–water partition coefficient (Wildman–Crippen LogP) is 2.84. The molecule has 0 aliphatic carbocycles. The predicted molar refractivity (Wildman–Crippen MR) is 83.9 cm³/mol. The number of carboxylic acid groups (broad SMARTS) is 1. The summed E-state index contributed by atoms with van der Waals surface area (Å²) in [5, 5.41) is 9.16. The lowest BCUT2D eigenvalue weighted by Crippen LogP contribution is -2.10. The Morgan fingerprint density at radius 1 is 1.23 bits per heavy atom. The number of hydrogen-bond donors (Lipinski definition) is 1. The summed E-state index contributed by atoms with van der Waals surface area (Å²) in [6.45, 7) is 0.0835. The highest BCUT2D eigenvalue weighted by molar-refractivity contribution is 5.89. The summed E-state index contributed by atoms with van der Waals surface area (Å²) in [6, 6.07) is 11.9. The number of nitrogens with zero attached hydrogens (tertiary/aromatic N) is 1. The van der Waals surface area contributed by atoms with E-state index in [4.69, 9.17) is 9.84 Å². The van der Waals surface area contributed by atoms with Crippen LogP contribution < -0.4 is 9.64 Å². The number of benzene rings is 2. The van der Waals surface area contributed by atoms with Gasteiger partial charge in [0.15, 0.2) is 6.29 Å². The van der Waals surface area contributed by atoms with Gasteiger partial charge in [-0.25, -0.2) is 4.79 Å². The van der Waals surface area contributed by atoms with Crippen molar-refractivity contribution in [1.82, 2.24) is 0 Å². The Bertz CT molecular complexity index is 695. The van der Waals surface area contributed by atoms with Crippen molar-refractivity contribution in [3.05, 3.63) is 59.2 Å². The number of anilines is 1. The average molecular weight is 299 g/mol. The van der Waals surface area contributed by atoms with Crippen molar-refractivity contribution >= 4 is 17.9 Å². The number of aldehydes is 1. The van der Waals surface area contributed by atoms with Gasteiger partial charge in [0.05, 0.1) is 11.1 Å². The van der Waals surface area contributed by atoms with E-state index in [0.29, 0.717) is 16.9 Å². The second kappa shape index (κ2) is 6.76. The first-order valence-corrected chi connectivity index (χ1v) is 6.73. The van der Waals surface area contributed by atoms with Crippen LogP contribution in [-0.4, -0.2) is 31.5 Å². The largest absolute Gasteiger partial charge is 0.488 e. The van der Waals surface area contributed by atoms with E-state index in [1.807, 2.05) is 25.1 Å². The smallest absolute Gasteiger partial charge is 0.336 e. The van der Waals surface area contributed by atoms with E-state index < -0.39 is 5.97 Å². The van der Waals surface area contributed by atoms with Gasteiger partial charge >= 0.3 is 5.97 Å². The normalized spacial score (nSPS) is 10.1. The molecule has 0 unspecified atom stereocenters. The minimum Gasteiger partial charge on any atom is -0.488 e. The van der Waals surface area contributed by atoms with E-state index in [-0.39, 0.29) is 12.2 Å². The Kier molecular flexibility index (Phi) is 4.78. The molecule has 0 bridgehead atoms. The molecular formula is C17H17NO4. The van der Waals surface area contributed by atoms with Crippen molar-refractivity contribution in [2.75, 3.05) is 19.0 Å². The number of hydrogen-bond acceptors (Lipinski definition) is 4. The molecule has 1 N–H and O–H groups in total. The molecule has 5 heteroatoms. The molecule has 0 aliphatic rings. The van der Waals surface area contributed by atoms with Gasteiger partial charge in [-0.3, -0.25) is 4.79 Å². The molecule has 0 amide bonds. The Hall–Kier alpha value is -2.82. The molecular weight excluding hydrogens is 282 g/mol. The molecule has 0 atom stereocenters. The molecule has 0 aliphatic heterocycles. The lowest BCUT2D eigenvalue weighted by atomic mass is 10.1. The maximum atomic E-state index is 11.2. The van der Waals surface area contributed by atoms with Crippen molar-refractivity contribution in [3.8, 4) is 5.75 Å². The highest BCUT2D eigenvalue weighted by Crippen LogP contribution is 2.25. The Morgan fingerprint density at radius 3 is 2.59 bits per heavy atom. The summed E-state index contributed by atoms with van der Waals surface area (Å²) >= 11 is 0. The number of aromatic carboxylic acids is 1. The van der Waals surface area contributed by atoms with Crippen molar-refractivity contribution in [2.24, 2.45) is 0 Å². The van der Waals surface area contributed by atoms with Gasteiger partial charge in [-0.15, -0.1) is 0 Å². The number of carboxylic acids is 1. The second-order valence-electron chi connectivity index (χ2n) is 4.99. The fraction of sp³-hybridized carbons (Fsp3) is 0.176. The summed E-state index contributed by atoms with van der Waals surface area (Å²) in [6.07, 6.45) is 0.720. The number of rotatable bonds is 6. The van der Waals surface area contributed by atoms with Crippen LogP contribution in [0, 0.1) is 0 Å². The maximum Gasteiger partial charge on any atom is 0.336 e. The van der Waals surface area contributed by atoms with Crippen LogP contribution in [0.4, 0.5) is 5.69 Å². The van der Waals surface area contributed by atoms with Gasteiger partial charge in [0.2, 0.25) is 0 Å². The van der Waals surface area contributed by atoms with E-state index in [0.717, 1.165) is 12.0 Å². The fourth-order valence-electron chi connectivity index (χ4n) is 2.03. The zero-order chi connectivity index (χ0) is 16.1. The summed E-state index contributed by atoms with van der Waals surface area (Å²) in [7, 11) is 3.78. The SMILES string of the molecule is CN(C)c1ccc(C=O)c(OCc2ccccc2C(=O)O)c1. The second-order valence-corrected chi connectivity index (χ2v) is 4.99. The van der Waals surface area contributed by atoms with Crippen LogP contribution in [0.3, 0.4) is 0 Å². The maximum absolute atomic E-state index is 11.2. The molecule has 2 aromatic carbocycles. The summed E-state index contributed by atoms with van der Waals surface area (Å²) in [5.41, 5.74) is 2.08. The summed E-state index contributed by atoms with van der Waals surface area (Å²) in [4.78, 5) is 24.2. The minimum absolute atomic E-state index is 0.0835. The van der Waals surface area contributed by atoms with Gasteiger partial charge in [-0.2, -0.15) is 0 Å². The zero-order valence-corrected chi connectivity index (χ0v) is 12.4. The van der Waals surface area contributed by atoms with Crippen LogP contribution in [-0.2, 0) is 6.61 Å². The van der Waals surface area contributed by atoms with Gasteiger partial charge in [0.25, 0.3) is 0 Å². The van der Waals surface area contributed by atoms with Crippen molar-refractivity contribution in [2.45, 2.75) is 6.61 Å². The fourth-order valence-corrected chi connectivity index (χ4v) is 2.03. The molecule has 0 aromatic heterocycles. The first-order valence-electron chi connectivity index (χ1n) is 6.73. The Balaban J connectivity index is 2.26. The average Bonchev–Trinajstić information content (AvgIpc) is 2.52. The zero-order valence-electron chi connectivity index (χ0n) is 12.4. The highest BCUT2D eigenvalue weighted by Gasteiger charge is 2.11. The van der Waals surface area contributed by atoms with E-state index in [2.05, 4.69) is 0 Å². The molecule has 114 valence electrons. The third-order valence-corrected chi connectivity index (χ3v) is 3.27. The van der Waals surface area contributed by atoms with E-state index in [9.17, 15) is 9.59 Å². The van der Waals surface area contributed by atoms with E-state index >= 15 is 0 Å². The van der Waals surface area contributed by atoms with Crippen molar-refractivity contribution in [1.29, 1.82) is 0 Å². The molecule has 0 fully saturated rings. The topological polar surface area (TPSA) is 66.8 Å². The van der Waals surface area contributed by atoms with E-state index in [1.165, 1.54) is 6.07 Å². The molecule has 5 nitrogen and oxygen atoms in total. The molecule has 2 rings (SSSR count). The third kappa shape index (κ3) is 3.44. The van der Waals surface area contributed by atoms with Gasteiger partial charge in [0, 0.05) is 31.4 Å². The Morgan fingerprint density at radius 2 is 1.95 bits per heavy atom. The van der Waals surface area contributed by atoms with Crippen molar-refractivity contribution < 1.29 is 19.4 Å². The quantitative estimate of drug-likeness (QED) is 0.831. The first kappa shape index (κ1) is 15.6. The van der Waals surface area contributed by atoms with Crippen LogP contribution in [0.25, 0.3) is 0 Å². The molecule has 2 aromatic rings. The third-order valence-electron chi connectivity index (χ3n) is 3.27. The molecule has 0 radical (unpaired) electrons. The Labute approximate surface area is 128 Å². The monoisotopic (exact) mass is 299 g/mol. The van der Waals surface area contributed by atoms with Crippen LogP contribution in [0.2, 0.25) is 0 Å². The van der Waals surface area contributed by atoms with Gasteiger partial charge < -0.3 is 14.7 Å². The molecule has 0 saturated heterocycles. The van der Waals surface area contributed by atoms with Crippen molar-refractivity contribution in [3.63, 3.8) is 0 Å². The van der Waals surface area contributed by atoms with Crippen LogP contribution in [0.1, 0.15) is 26.3 Å². The summed E-state index contributed by atoms with van der Waals surface area (Å²) in [5.74, 6) is -0.571. The lowest BCUT2D eigenvalue weighted by Gasteiger charge is -2.16. The summed E-state index contributed by atoms with van der Waals surface area (Å²) < 4.78 is 5.67. The molecule has 0 heterocycles. The minimum atomic E-state index is -1.00. The van der Waals surface area contributed by atoms with Gasteiger partial charge in [-0.1, -0.05) is 18.2 Å². The first-order chi connectivity index (χ1) is 10.5. The highest BCUT2D eigenvalue weighted by atomic mass is 16.5. The standard InChI is InChI=1S/C17H17NO4/c1-18(2)14-8-7-12(10-19)16(9-14)22-11-13-5-3-4-6-15(13)17(20)21/h3-10H,11H2,1-2H3,(H,20,21). The molecule has 0 spiro atoms. The number of carbonyl (C=O) groups excluding carboxylic acids is 1. The molecule has 0 saturated carbocycles. The van der Waals surface area contributed by atoms with E-state index in [1.54, 1.807) is 30.3 Å². The van der Waals surface area contributed by atoms with Gasteiger partial charge in [-0.05, 0) is 18.2 Å². The van der Waals surface area contributed by atoms with Crippen LogP contribution in [0.15, 0.2) is 42.5 Å². The van der Waals surface area contributed by atoms with Gasteiger partial charge in [0.1, 0.15) is 12.4 Å². The number of ether oxygens (including phenoxy) is 1. The lowest BCUT2D eigenvalue weighted by molar-refractivity contribution is 0.0693. The number of carbonyl (C=O) groups is 2. The molecule has 22 heavy (non-hydrogen) atoms. The van der Waals surface area contributed by atoms with Crippen LogP contribution in [0.5, 0.6) is 5.75 Å².